The summed E-state index contributed by atoms with van der Waals surface area (Å²) in [5.41, 5.74) is 1.76. The SMILES string of the molecule is Cc1nn(-c2ccccc2)c2sc(C(=O)NC(=S)N[C@H]3CCS(=O)(=O)C3)cc12. The number of fused-ring (bicyclic) bond motifs is 1. The predicted octanol–water partition coefficient (Wildman–Crippen LogP) is 2.19. The second kappa shape index (κ2) is 7.26. The first-order valence-corrected chi connectivity index (χ1v) is 11.7. The number of sulfone groups is 1. The van der Waals surface area contributed by atoms with Gasteiger partial charge in [-0.25, -0.2) is 13.1 Å². The van der Waals surface area contributed by atoms with Crippen LogP contribution in [0.4, 0.5) is 0 Å². The normalized spacial score (nSPS) is 18.2. The Balaban J connectivity index is 1.51. The number of hydrogen-bond donors (Lipinski definition) is 2. The van der Waals surface area contributed by atoms with Gasteiger partial charge in [-0.15, -0.1) is 11.3 Å². The van der Waals surface area contributed by atoms with Gasteiger partial charge in [0.25, 0.3) is 5.91 Å². The number of hydrogen-bond acceptors (Lipinski definition) is 6. The molecule has 0 aliphatic carbocycles. The Kier molecular flexibility index (Phi) is 4.94. The second-order valence-electron chi connectivity index (χ2n) is 6.69. The maximum Gasteiger partial charge on any atom is 0.267 e. The van der Waals surface area contributed by atoms with Gasteiger partial charge in [0.1, 0.15) is 4.83 Å². The zero-order chi connectivity index (χ0) is 19.9. The number of carbonyl (C=O) groups excluding carboxylic acids is 1. The molecule has 0 radical (unpaired) electrons. The second-order valence-corrected chi connectivity index (χ2v) is 10.4. The minimum Gasteiger partial charge on any atom is -0.359 e. The Morgan fingerprint density at radius 3 is 2.75 bits per heavy atom. The molecule has 1 aromatic carbocycles. The van der Waals surface area contributed by atoms with Crippen molar-refractivity contribution in [2.75, 3.05) is 11.5 Å². The molecule has 146 valence electrons. The highest BCUT2D eigenvalue weighted by atomic mass is 32.2. The van der Waals surface area contributed by atoms with E-state index in [0.717, 1.165) is 21.6 Å². The molecule has 0 saturated carbocycles. The smallest absolute Gasteiger partial charge is 0.267 e. The summed E-state index contributed by atoms with van der Waals surface area (Å²) < 4.78 is 24.9. The maximum absolute atomic E-state index is 12.6. The van der Waals surface area contributed by atoms with E-state index in [2.05, 4.69) is 15.7 Å². The van der Waals surface area contributed by atoms with E-state index in [1.54, 1.807) is 6.07 Å². The first-order chi connectivity index (χ1) is 13.3. The summed E-state index contributed by atoms with van der Waals surface area (Å²) in [6.07, 6.45) is 0.493. The lowest BCUT2D eigenvalue weighted by molar-refractivity contribution is 0.0980. The molecule has 28 heavy (non-hydrogen) atoms. The van der Waals surface area contributed by atoms with Crippen molar-refractivity contribution in [3.8, 4) is 5.69 Å². The molecule has 1 atom stereocenters. The molecule has 1 saturated heterocycles. The lowest BCUT2D eigenvalue weighted by Crippen LogP contribution is -2.44. The highest BCUT2D eigenvalue weighted by Crippen LogP contribution is 2.30. The highest BCUT2D eigenvalue weighted by Gasteiger charge is 2.28. The van der Waals surface area contributed by atoms with Crippen LogP contribution in [-0.2, 0) is 9.84 Å². The van der Waals surface area contributed by atoms with Crippen LogP contribution in [0.3, 0.4) is 0 Å². The van der Waals surface area contributed by atoms with Gasteiger partial charge in [-0.3, -0.25) is 10.1 Å². The summed E-state index contributed by atoms with van der Waals surface area (Å²) in [6.45, 7) is 1.91. The summed E-state index contributed by atoms with van der Waals surface area (Å²) in [6, 6.07) is 11.3. The van der Waals surface area contributed by atoms with Gasteiger partial charge in [0.05, 0.1) is 27.8 Å². The molecular weight excluding hydrogens is 416 g/mol. The monoisotopic (exact) mass is 434 g/mol. The lowest BCUT2D eigenvalue weighted by Gasteiger charge is -2.13. The van der Waals surface area contributed by atoms with Gasteiger partial charge in [-0.2, -0.15) is 5.10 Å². The fourth-order valence-electron chi connectivity index (χ4n) is 3.20. The Bertz CT molecular complexity index is 1170. The standard InChI is InChI=1S/C18H18N4O3S3/c1-11-14-9-15(27-17(14)22(21-11)13-5-3-2-4-6-13)16(23)20-18(26)19-12-7-8-28(24,25)10-12/h2-6,9,12H,7-8,10H2,1H3,(H2,19,20,23,26)/t12-/m0/s1. The summed E-state index contributed by atoms with van der Waals surface area (Å²) in [5.74, 6) is -0.135. The molecule has 1 aliphatic rings. The number of rotatable bonds is 3. The predicted molar refractivity (Wildman–Crippen MR) is 114 cm³/mol. The average Bonchev–Trinajstić information content (AvgIpc) is 3.30. The van der Waals surface area contributed by atoms with E-state index in [9.17, 15) is 13.2 Å². The number of thiocarbonyl (C=S) groups is 1. The van der Waals surface area contributed by atoms with Crippen LogP contribution in [0.5, 0.6) is 0 Å². The highest BCUT2D eigenvalue weighted by molar-refractivity contribution is 7.91. The average molecular weight is 435 g/mol. The zero-order valence-corrected chi connectivity index (χ0v) is 17.5. The number of nitrogens with one attached hydrogen (secondary N) is 2. The zero-order valence-electron chi connectivity index (χ0n) is 15.0. The van der Waals surface area contributed by atoms with Crippen LogP contribution < -0.4 is 10.6 Å². The molecule has 2 N–H and O–H groups in total. The van der Waals surface area contributed by atoms with Crippen LogP contribution in [0.15, 0.2) is 36.4 Å². The fraction of sp³-hybridized carbons (Fsp3) is 0.278. The molecule has 1 fully saturated rings. The van der Waals surface area contributed by atoms with E-state index in [-0.39, 0.29) is 28.6 Å². The van der Waals surface area contributed by atoms with Crippen molar-refractivity contribution < 1.29 is 13.2 Å². The van der Waals surface area contributed by atoms with E-state index >= 15 is 0 Å². The first-order valence-electron chi connectivity index (χ1n) is 8.69. The van der Waals surface area contributed by atoms with E-state index in [1.165, 1.54) is 11.3 Å². The number of nitrogens with zero attached hydrogens (tertiary/aromatic N) is 2. The maximum atomic E-state index is 12.6. The lowest BCUT2D eigenvalue weighted by atomic mass is 10.3. The van der Waals surface area contributed by atoms with Crippen LogP contribution in [-0.4, -0.2) is 46.8 Å². The third-order valence-electron chi connectivity index (χ3n) is 4.56. The third kappa shape index (κ3) is 3.80. The van der Waals surface area contributed by atoms with Gasteiger partial charge in [0, 0.05) is 11.4 Å². The molecule has 0 unspecified atom stereocenters. The van der Waals surface area contributed by atoms with Crippen LogP contribution in [0, 0.1) is 6.92 Å². The van der Waals surface area contributed by atoms with Crippen LogP contribution in [0.1, 0.15) is 21.8 Å². The van der Waals surface area contributed by atoms with Gasteiger partial charge in [0.15, 0.2) is 14.9 Å². The minimum atomic E-state index is -3.01. The summed E-state index contributed by atoms with van der Waals surface area (Å²) >= 11 is 6.52. The van der Waals surface area contributed by atoms with Crippen molar-refractivity contribution in [3.05, 3.63) is 47.0 Å². The molecule has 0 bridgehead atoms. The topological polar surface area (TPSA) is 93.1 Å². The Morgan fingerprint density at radius 1 is 1.32 bits per heavy atom. The number of aryl methyl sites for hydroxylation is 1. The van der Waals surface area contributed by atoms with Gasteiger partial charge >= 0.3 is 0 Å². The van der Waals surface area contributed by atoms with Gasteiger partial charge in [-0.05, 0) is 43.8 Å². The molecule has 0 spiro atoms. The molecule has 3 heterocycles. The van der Waals surface area contributed by atoms with Crippen LogP contribution >= 0.6 is 23.6 Å². The molecule has 7 nitrogen and oxygen atoms in total. The van der Waals surface area contributed by atoms with Crippen molar-refractivity contribution in [2.45, 2.75) is 19.4 Å². The Morgan fingerprint density at radius 2 is 2.07 bits per heavy atom. The Labute approximate surface area is 171 Å². The molecule has 1 aliphatic heterocycles. The number of thiophene rings is 1. The van der Waals surface area contributed by atoms with E-state index in [4.69, 9.17) is 12.2 Å². The van der Waals surface area contributed by atoms with E-state index in [0.29, 0.717) is 11.3 Å². The number of benzene rings is 1. The molecule has 10 heteroatoms. The largest absolute Gasteiger partial charge is 0.359 e. The molecular formula is C18H18N4O3S3. The van der Waals surface area contributed by atoms with Crippen molar-refractivity contribution in [1.29, 1.82) is 0 Å². The summed E-state index contributed by atoms with van der Waals surface area (Å²) in [4.78, 5) is 14.0. The van der Waals surface area contributed by atoms with Gasteiger partial charge in [-0.1, -0.05) is 18.2 Å². The molecule has 4 rings (SSSR count). The molecule has 1 amide bonds. The summed E-state index contributed by atoms with van der Waals surface area (Å²) in [7, 11) is -3.01. The molecule has 3 aromatic rings. The van der Waals surface area contributed by atoms with Crippen LogP contribution in [0.25, 0.3) is 15.9 Å². The number of aromatic nitrogens is 2. The first kappa shape index (κ1) is 19.0. The fourth-order valence-corrected chi connectivity index (χ4v) is 6.21. The summed E-state index contributed by atoms with van der Waals surface area (Å²) in [5, 5.41) is 11.2. The number of carbonyl (C=O) groups is 1. The Hall–Kier alpha value is -2.30. The quantitative estimate of drug-likeness (QED) is 0.614. The van der Waals surface area contributed by atoms with E-state index < -0.39 is 9.84 Å². The van der Waals surface area contributed by atoms with Gasteiger partial charge in [0.2, 0.25) is 0 Å². The molecule has 2 aromatic heterocycles. The third-order valence-corrected chi connectivity index (χ3v) is 7.66. The van der Waals surface area contributed by atoms with E-state index in [1.807, 2.05) is 41.9 Å². The van der Waals surface area contributed by atoms with Crippen LogP contribution in [0.2, 0.25) is 0 Å². The van der Waals surface area contributed by atoms with Crippen molar-refractivity contribution in [3.63, 3.8) is 0 Å². The van der Waals surface area contributed by atoms with Crippen molar-refractivity contribution in [2.24, 2.45) is 0 Å². The number of amides is 1. The van der Waals surface area contributed by atoms with Crippen molar-refractivity contribution in [1.82, 2.24) is 20.4 Å². The number of para-hydroxylation sites is 1. The minimum absolute atomic E-state index is 0.0397. The van der Waals surface area contributed by atoms with Gasteiger partial charge < -0.3 is 5.32 Å². The van der Waals surface area contributed by atoms with Crippen molar-refractivity contribution >= 4 is 54.6 Å².